The molecule has 0 atom stereocenters. The third-order valence-corrected chi connectivity index (χ3v) is 3.23. The van der Waals surface area contributed by atoms with Crippen LogP contribution in [-0.4, -0.2) is 23.9 Å². The molecule has 3 nitrogen and oxygen atoms in total. The van der Waals surface area contributed by atoms with Crippen molar-refractivity contribution in [3.63, 3.8) is 0 Å². The van der Waals surface area contributed by atoms with E-state index in [1.54, 1.807) is 11.0 Å². The summed E-state index contributed by atoms with van der Waals surface area (Å²) in [6, 6.07) is 3.62. The number of halogens is 1. The predicted octanol–water partition coefficient (Wildman–Crippen LogP) is 3.38. The summed E-state index contributed by atoms with van der Waals surface area (Å²) in [6.45, 7) is 10.8. The number of carbonyl (C=O) groups is 1. The largest absolute Gasteiger partial charge is 0.398 e. The molecule has 4 heteroatoms. The maximum Gasteiger partial charge on any atom is 0.254 e. The van der Waals surface area contributed by atoms with Gasteiger partial charge in [0.05, 0.1) is 0 Å². The van der Waals surface area contributed by atoms with Crippen molar-refractivity contribution in [3.05, 3.63) is 39.9 Å². The van der Waals surface area contributed by atoms with Crippen molar-refractivity contribution in [2.75, 3.05) is 18.8 Å². The summed E-state index contributed by atoms with van der Waals surface area (Å²) in [5.41, 5.74) is 8.94. The lowest BCUT2D eigenvalue weighted by Crippen LogP contribution is -2.32. The highest BCUT2D eigenvalue weighted by molar-refractivity contribution is 9.10. The van der Waals surface area contributed by atoms with E-state index >= 15 is 0 Å². The summed E-state index contributed by atoms with van der Waals surface area (Å²) >= 11 is 3.37. The van der Waals surface area contributed by atoms with E-state index in [1.165, 1.54) is 0 Å². The number of nitrogen functional groups attached to an aromatic ring is 1. The highest BCUT2D eigenvalue weighted by Gasteiger charge is 2.18. The Kier molecular flexibility index (Phi) is 4.96. The minimum Gasteiger partial charge on any atom is -0.398 e. The van der Waals surface area contributed by atoms with Crippen LogP contribution in [-0.2, 0) is 0 Å². The Morgan fingerprint density at radius 1 is 1.50 bits per heavy atom. The zero-order valence-corrected chi connectivity index (χ0v) is 12.7. The number of carbonyl (C=O) groups excluding carboxylic acids is 1. The molecule has 98 valence electrons. The summed E-state index contributed by atoms with van der Waals surface area (Å²) < 4.78 is 0.820. The van der Waals surface area contributed by atoms with Crippen LogP contribution < -0.4 is 5.73 Å². The second-order valence-electron chi connectivity index (χ2n) is 4.44. The van der Waals surface area contributed by atoms with Crippen LogP contribution in [0.25, 0.3) is 0 Å². The van der Waals surface area contributed by atoms with Crippen LogP contribution in [0, 0.1) is 6.92 Å². The highest BCUT2D eigenvalue weighted by atomic mass is 79.9. The standard InChI is InChI=1S/C14H19BrN2O/c1-5-17(8-9(2)3)14(18)12-6-11(15)7-13(16)10(12)4/h6-7H,2,5,8,16H2,1,3-4H3. The number of likely N-dealkylation sites (N-methyl/N-ethyl adjacent to an activating group) is 1. The minimum atomic E-state index is -0.00833. The Morgan fingerprint density at radius 3 is 2.61 bits per heavy atom. The second-order valence-corrected chi connectivity index (χ2v) is 5.36. The first-order valence-electron chi connectivity index (χ1n) is 5.86. The normalized spacial score (nSPS) is 10.2. The number of rotatable bonds is 4. The van der Waals surface area contributed by atoms with E-state index in [2.05, 4.69) is 22.5 Å². The molecular weight excluding hydrogens is 292 g/mol. The molecular formula is C14H19BrN2O. The topological polar surface area (TPSA) is 46.3 Å². The first-order chi connectivity index (χ1) is 8.36. The Balaban J connectivity index is 3.12. The van der Waals surface area contributed by atoms with Crippen molar-refractivity contribution in [1.29, 1.82) is 0 Å². The fraction of sp³-hybridized carbons (Fsp3) is 0.357. The van der Waals surface area contributed by atoms with Crippen LogP contribution in [0.5, 0.6) is 0 Å². The van der Waals surface area contributed by atoms with Crippen molar-refractivity contribution in [2.45, 2.75) is 20.8 Å². The van der Waals surface area contributed by atoms with Gasteiger partial charge in [-0.2, -0.15) is 0 Å². The van der Waals surface area contributed by atoms with E-state index in [0.717, 1.165) is 15.6 Å². The van der Waals surface area contributed by atoms with Gasteiger partial charge in [-0.3, -0.25) is 4.79 Å². The number of hydrogen-bond donors (Lipinski definition) is 1. The van der Waals surface area contributed by atoms with Crippen molar-refractivity contribution in [2.24, 2.45) is 0 Å². The number of hydrogen-bond acceptors (Lipinski definition) is 2. The van der Waals surface area contributed by atoms with Gasteiger partial charge in [-0.15, -0.1) is 0 Å². The van der Waals surface area contributed by atoms with Gasteiger partial charge < -0.3 is 10.6 Å². The predicted molar refractivity (Wildman–Crippen MR) is 79.7 cm³/mol. The van der Waals surface area contributed by atoms with Gasteiger partial charge >= 0.3 is 0 Å². The maximum atomic E-state index is 12.4. The van der Waals surface area contributed by atoms with E-state index in [9.17, 15) is 4.79 Å². The molecule has 2 N–H and O–H groups in total. The average molecular weight is 311 g/mol. The van der Waals surface area contributed by atoms with E-state index < -0.39 is 0 Å². The maximum absolute atomic E-state index is 12.4. The molecule has 0 heterocycles. The van der Waals surface area contributed by atoms with E-state index in [-0.39, 0.29) is 5.91 Å². The minimum absolute atomic E-state index is 0.00833. The van der Waals surface area contributed by atoms with Gasteiger partial charge in [0.2, 0.25) is 0 Å². The summed E-state index contributed by atoms with van der Waals surface area (Å²) in [7, 11) is 0. The van der Waals surface area contributed by atoms with Crippen LogP contribution >= 0.6 is 15.9 Å². The molecule has 0 spiro atoms. The van der Waals surface area contributed by atoms with E-state index in [1.807, 2.05) is 26.8 Å². The monoisotopic (exact) mass is 310 g/mol. The fourth-order valence-electron chi connectivity index (χ4n) is 1.75. The second kappa shape index (κ2) is 6.05. The van der Waals surface area contributed by atoms with E-state index in [0.29, 0.717) is 24.3 Å². The Labute approximate surface area is 117 Å². The number of nitrogens with two attached hydrogens (primary N) is 1. The summed E-state index contributed by atoms with van der Waals surface area (Å²) in [5, 5.41) is 0. The van der Waals surface area contributed by atoms with Crippen molar-refractivity contribution in [3.8, 4) is 0 Å². The van der Waals surface area contributed by atoms with Gasteiger partial charge in [0, 0.05) is 28.8 Å². The lowest BCUT2D eigenvalue weighted by atomic mass is 10.1. The van der Waals surface area contributed by atoms with Crippen LogP contribution in [0.2, 0.25) is 0 Å². The summed E-state index contributed by atoms with van der Waals surface area (Å²) in [6.07, 6.45) is 0. The van der Waals surface area contributed by atoms with Gasteiger partial charge in [-0.25, -0.2) is 0 Å². The fourth-order valence-corrected chi connectivity index (χ4v) is 2.22. The van der Waals surface area contributed by atoms with Crippen LogP contribution in [0.1, 0.15) is 29.8 Å². The molecule has 0 fully saturated rings. The molecule has 0 aromatic heterocycles. The SMILES string of the molecule is C=C(C)CN(CC)C(=O)c1cc(Br)cc(N)c1C. The van der Waals surface area contributed by atoms with Crippen molar-refractivity contribution in [1.82, 2.24) is 4.90 Å². The molecule has 1 aromatic carbocycles. The quantitative estimate of drug-likeness (QED) is 0.684. The first kappa shape index (κ1) is 14.8. The number of amides is 1. The van der Waals surface area contributed by atoms with Gasteiger partial charge in [-0.05, 0) is 38.5 Å². The first-order valence-corrected chi connectivity index (χ1v) is 6.65. The zero-order chi connectivity index (χ0) is 13.9. The lowest BCUT2D eigenvalue weighted by Gasteiger charge is -2.22. The van der Waals surface area contributed by atoms with Gasteiger partial charge in [0.1, 0.15) is 0 Å². The Hall–Kier alpha value is -1.29. The van der Waals surface area contributed by atoms with Crippen LogP contribution in [0.3, 0.4) is 0 Å². The molecule has 0 aliphatic rings. The molecule has 0 bridgehead atoms. The summed E-state index contributed by atoms with van der Waals surface area (Å²) in [5.74, 6) is -0.00833. The average Bonchev–Trinajstić information content (AvgIpc) is 2.29. The molecule has 1 aromatic rings. The summed E-state index contributed by atoms with van der Waals surface area (Å²) in [4.78, 5) is 14.2. The van der Waals surface area contributed by atoms with Gasteiger partial charge in [0.25, 0.3) is 5.91 Å². The highest BCUT2D eigenvalue weighted by Crippen LogP contribution is 2.24. The molecule has 18 heavy (non-hydrogen) atoms. The molecule has 0 saturated carbocycles. The van der Waals surface area contributed by atoms with Crippen molar-refractivity contribution < 1.29 is 4.79 Å². The lowest BCUT2D eigenvalue weighted by molar-refractivity contribution is 0.0777. The number of benzene rings is 1. The number of anilines is 1. The molecule has 1 rings (SSSR count). The van der Waals surface area contributed by atoms with Gasteiger partial charge in [0.15, 0.2) is 0 Å². The zero-order valence-electron chi connectivity index (χ0n) is 11.1. The van der Waals surface area contributed by atoms with Crippen molar-refractivity contribution >= 4 is 27.5 Å². The molecule has 1 amide bonds. The number of nitrogens with zero attached hydrogens (tertiary/aromatic N) is 1. The van der Waals surface area contributed by atoms with Gasteiger partial charge in [-0.1, -0.05) is 28.1 Å². The Bertz CT molecular complexity index is 483. The third kappa shape index (κ3) is 3.35. The molecule has 0 radical (unpaired) electrons. The molecule has 0 saturated heterocycles. The van der Waals surface area contributed by atoms with Crippen LogP contribution in [0.4, 0.5) is 5.69 Å². The molecule has 0 aliphatic carbocycles. The Morgan fingerprint density at radius 2 is 2.11 bits per heavy atom. The smallest absolute Gasteiger partial charge is 0.254 e. The van der Waals surface area contributed by atoms with Crippen LogP contribution in [0.15, 0.2) is 28.8 Å². The molecule has 0 aliphatic heterocycles. The molecule has 0 unspecified atom stereocenters. The van der Waals surface area contributed by atoms with E-state index in [4.69, 9.17) is 5.73 Å². The third-order valence-electron chi connectivity index (χ3n) is 2.77.